The molecular weight excluding hydrogens is 442 g/mol. The zero-order valence-electron chi connectivity index (χ0n) is 13.6. The molecule has 0 bridgehead atoms. The number of alkyl halides is 6. The second-order valence-corrected chi connectivity index (χ2v) is 7.43. The van der Waals surface area contributed by atoms with E-state index in [1.54, 1.807) is 6.92 Å². The minimum atomic E-state index is -6.46. The first-order valence-corrected chi connectivity index (χ1v) is 9.68. The first-order valence-electron chi connectivity index (χ1n) is 6.86. The first-order chi connectivity index (χ1) is 12.1. The molecule has 0 aromatic carbocycles. The summed E-state index contributed by atoms with van der Waals surface area (Å²) in [4.78, 5) is 0. The van der Waals surface area contributed by atoms with Crippen LogP contribution >= 0.6 is 0 Å². The second kappa shape index (κ2) is 10.7. The summed E-state index contributed by atoms with van der Waals surface area (Å²) >= 11 is 0. The summed E-state index contributed by atoms with van der Waals surface area (Å²) in [5.41, 5.74) is -12.1. The molecule has 0 saturated heterocycles. The van der Waals surface area contributed by atoms with Gasteiger partial charge in [-0.05, 0) is 6.92 Å². The highest BCUT2D eigenvalue weighted by molar-refractivity contribution is 7.88. The van der Waals surface area contributed by atoms with E-state index in [1.165, 1.54) is 0 Å². The average Bonchev–Trinajstić information content (AvgIpc) is 2.46. The van der Waals surface area contributed by atoms with Crippen LogP contribution in [0.2, 0.25) is 0 Å². The fraction of sp³-hybridized carbons (Fsp3) is 1.00. The van der Waals surface area contributed by atoms with Gasteiger partial charge in [0.25, 0.3) is 0 Å². The third-order valence-corrected chi connectivity index (χ3v) is 4.31. The van der Waals surface area contributed by atoms with Gasteiger partial charge in [-0.15, -0.1) is 0 Å². The van der Waals surface area contributed by atoms with Crippen LogP contribution in [0.4, 0.5) is 26.3 Å². The van der Waals surface area contributed by atoms with Crippen LogP contribution in [0.3, 0.4) is 0 Å². The van der Waals surface area contributed by atoms with Crippen LogP contribution in [0.1, 0.15) is 6.92 Å². The van der Waals surface area contributed by atoms with Crippen LogP contribution < -0.4 is 0 Å². The van der Waals surface area contributed by atoms with E-state index in [2.05, 4.69) is 13.1 Å². The van der Waals surface area contributed by atoms with Crippen LogP contribution in [0.5, 0.6) is 0 Å². The summed E-state index contributed by atoms with van der Waals surface area (Å²) in [6.45, 7) is 0.382. The summed E-state index contributed by atoms with van der Waals surface area (Å²) in [7, 11) is -12.9. The monoisotopic (exact) mass is 458 g/mol. The molecular formula is C10H16F6O9S2. The van der Waals surface area contributed by atoms with Gasteiger partial charge in [0.05, 0.1) is 26.4 Å². The summed E-state index contributed by atoms with van der Waals surface area (Å²) in [6, 6.07) is 0. The molecule has 17 heteroatoms. The predicted molar refractivity (Wildman–Crippen MR) is 74.0 cm³/mol. The lowest BCUT2D eigenvalue weighted by Crippen LogP contribution is -2.38. The summed E-state index contributed by atoms with van der Waals surface area (Å²) in [5.74, 6) is 0. The minimum absolute atomic E-state index is 0.0958. The molecule has 0 rings (SSSR count). The van der Waals surface area contributed by atoms with Crippen molar-refractivity contribution in [1.82, 2.24) is 0 Å². The summed E-state index contributed by atoms with van der Waals surface area (Å²) in [5, 5.41) is 0. The van der Waals surface area contributed by atoms with E-state index < -0.39 is 50.8 Å². The van der Waals surface area contributed by atoms with E-state index in [9.17, 15) is 43.2 Å². The van der Waals surface area contributed by atoms with Gasteiger partial charge in [-0.1, -0.05) is 0 Å². The molecule has 0 aliphatic rings. The Bertz CT molecular complexity index is 583. The molecule has 0 fully saturated rings. The largest absolute Gasteiger partial charge is 0.523 e. The summed E-state index contributed by atoms with van der Waals surface area (Å²) in [6.07, 6.45) is -3.06. The second-order valence-electron chi connectivity index (χ2n) is 4.31. The molecule has 0 spiro atoms. The van der Waals surface area contributed by atoms with E-state index in [1.807, 2.05) is 0 Å². The molecule has 164 valence electrons. The fourth-order valence-electron chi connectivity index (χ4n) is 1.12. The van der Waals surface area contributed by atoms with Crippen molar-refractivity contribution < 1.29 is 65.8 Å². The molecule has 0 unspecified atom stereocenters. The zero-order chi connectivity index (χ0) is 21.4. The van der Waals surface area contributed by atoms with E-state index in [0.29, 0.717) is 6.61 Å². The van der Waals surface area contributed by atoms with Gasteiger partial charge in [-0.25, -0.2) is 8.37 Å². The first kappa shape index (κ1) is 26.3. The maximum absolute atomic E-state index is 12.2. The van der Waals surface area contributed by atoms with Crippen molar-refractivity contribution >= 4 is 20.2 Å². The molecule has 27 heavy (non-hydrogen) atoms. The lowest BCUT2D eigenvalue weighted by Gasteiger charge is -2.19. The highest BCUT2D eigenvalue weighted by Crippen LogP contribution is 2.29. The van der Waals surface area contributed by atoms with Crippen molar-refractivity contribution in [3.63, 3.8) is 0 Å². The molecule has 0 radical (unpaired) electrons. The SMILES string of the molecule is CCOCCOCCOCC(OS(=O)(=O)C(F)(F)F)OS(=O)(=O)C(F)(F)F. The van der Waals surface area contributed by atoms with Gasteiger partial charge in [-0.2, -0.15) is 43.2 Å². The lowest BCUT2D eigenvalue weighted by atomic mass is 10.6. The van der Waals surface area contributed by atoms with Crippen LogP contribution in [0, 0.1) is 0 Å². The highest BCUT2D eigenvalue weighted by Gasteiger charge is 2.52. The van der Waals surface area contributed by atoms with Crippen molar-refractivity contribution in [3.05, 3.63) is 0 Å². The highest BCUT2D eigenvalue weighted by atomic mass is 32.2. The molecule has 0 amide bonds. The molecule has 0 saturated carbocycles. The lowest BCUT2D eigenvalue weighted by molar-refractivity contribution is -0.107. The zero-order valence-corrected chi connectivity index (χ0v) is 15.2. The van der Waals surface area contributed by atoms with Crippen molar-refractivity contribution in [1.29, 1.82) is 0 Å². The predicted octanol–water partition coefficient (Wildman–Crippen LogP) is 1.11. The van der Waals surface area contributed by atoms with Crippen LogP contribution in [-0.2, 0) is 42.8 Å². The number of halogens is 6. The molecule has 0 aromatic heterocycles. The molecule has 0 aliphatic heterocycles. The van der Waals surface area contributed by atoms with E-state index in [4.69, 9.17) is 9.47 Å². The van der Waals surface area contributed by atoms with E-state index in [0.717, 1.165) is 0 Å². The van der Waals surface area contributed by atoms with Gasteiger partial charge < -0.3 is 14.2 Å². The maximum atomic E-state index is 12.2. The molecule has 0 atom stereocenters. The normalized spacial score (nSPS) is 14.1. The molecule has 0 aliphatic carbocycles. The van der Waals surface area contributed by atoms with Gasteiger partial charge in [0, 0.05) is 6.61 Å². The van der Waals surface area contributed by atoms with Crippen molar-refractivity contribution in [2.75, 3.05) is 39.6 Å². The summed E-state index contributed by atoms with van der Waals surface area (Å²) < 4.78 is 138. The molecule has 0 heterocycles. The Morgan fingerprint density at radius 3 is 1.44 bits per heavy atom. The van der Waals surface area contributed by atoms with Gasteiger partial charge in [0.15, 0.2) is 0 Å². The Hall–Kier alpha value is -0.720. The van der Waals surface area contributed by atoms with Crippen molar-refractivity contribution in [2.24, 2.45) is 0 Å². The van der Waals surface area contributed by atoms with Crippen LogP contribution in [-0.4, -0.2) is 73.8 Å². The van der Waals surface area contributed by atoms with Crippen molar-refractivity contribution in [3.8, 4) is 0 Å². The maximum Gasteiger partial charge on any atom is 0.523 e. The number of rotatable bonds is 13. The topological polar surface area (TPSA) is 114 Å². The standard InChI is InChI=1S/C10H16F6O9S2/c1-2-21-3-4-22-5-6-23-7-8(24-26(17,18)9(11,12)13)25-27(19,20)10(14,15)16/h8H,2-7H2,1H3. The van der Waals surface area contributed by atoms with Crippen LogP contribution in [0.25, 0.3) is 0 Å². The van der Waals surface area contributed by atoms with Gasteiger partial charge in [0.2, 0.25) is 6.29 Å². The van der Waals surface area contributed by atoms with Gasteiger partial charge in [-0.3, -0.25) is 0 Å². The number of hydrogen-bond donors (Lipinski definition) is 0. The van der Waals surface area contributed by atoms with E-state index >= 15 is 0 Å². The minimum Gasteiger partial charge on any atom is -0.379 e. The Morgan fingerprint density at radius 2 is 1.07 bits per heavy atom. The molecule has 9 nitrogen and oxygen atoms in total. The van der Waals surface area contributed by atoms with E-state index in [-0.39, 0.29) is 19.8 Å². The van der Waals surface area contributed by atoms with Gasteiger partial charge >= 0.3 is 31.3 Å². The fourth-order valence-corrected chi connectivity index (χ4v) is 2.15. The van der Waals surface area contributed by atoms with Crippen LogP contribution in [0.15, 0.2) is 0 Å². The quantitative estimate of drug-likeness (QED) is 0.132. The Labute approximate surface area is 150 Å². The average molecular weight is 458 g/mol. The Morgan fingerprint density at radius 1 is 0.704 bits per heavy atom. The smallest absolute Gasteiger partial charge is 0.379 e. The third kappa shape index (κ3) is 9.86. The molecule has 0 N–H and O–H groups in total. The Kier molecular flexibility index (Phi) is 10.4. The third-order valence-electron chi connectivity index (χ3n) is 2.24. The Balaban J connectivity index is 4.82. The van der Waals surface area contributed by atoms with Gasteiger partial charge in [0.1, 0.15) is 6.61 Å². The van der Waals surface area contributed by atoms with Crippen molar-refractivity contribution in [2.45, 2.75) is 24.2 Å². The molecule has 0 aromatic rings. The number of ether oxygens (including phenoxy) is 3. The number of hydrogen-bond acceptors (Lipinski definition) is 9.